The van der Waals surface area contributed by atoms with E-state index in [1.54, 1.807) is 18.5 Å². The molecule has 0 unspecified atom stereocenters. The fraction of sp³-hybridized carbons (Fsp3) is 0.450. The quantitative estimate of drug-likeness (QED) is 0.720. The number of aromatic nitrogens is 4. The van der Waals surface area contributed by atoms with Crippen LogP contribution >= 0.6 is 0 Å². The summed E-state index contributed by atoms with van der Waals surface area (Å²) in [6.07, 6.45) is 7.11. The van der Waals surface area contributed by atoms with Gasteiger partial charge in [0.05, 0.1) is 10.9 Å². The summed E-state index contributed by atoms with van der Waals surface area (Å²) in [5.41, 5.74) is 1.04. The van der Waals surface area contributed by atoms with Crippen LogP contribution in [0.1, 0.15) is 35.9 Å². The molecule has 0 bridgehead atoms. The van der Waals surface area contributed by atoms with Crippen LogP contribution in [-0.2, 0) is 0 Å². The molecule has 9 heteroatoms. The lowest BCUT2D eigenvalue weighted by Crippen LogP contribution is -2.49. The molecule has 0 spiro atoms. The van der Waals surface area contributed by atoms with E-state index in [0.717, 1.165) is 12.8 Å². The molecule has 3 aromatic rings. The van der Waals surface area contributed by atoms with Crippen LogP contribution in [0.3, 0.4) is 0 Å². The highest BCUT2D eigenvalue weighted by molar-refractivity contribution is 6.10. The molecular formula is C20H23N7O2. The second-order valence-corrected chi connectivity index (χ2v) is 7.95. The third-order valence-corrected chi connectivity index (χ3v) is 5.70. The smallest absolute Gasteiger partial charge is 0.258 e. The summed E-state index contributed by atoms with van der Waals surface area (Å²) in [6.45, 7) is 6.52. The third-order valence-electron chi connectivity index (χ3n) is 5.70. The SMILES string of the molecule is Cc1oc2ncnc(NC3(C)CC3)c2c1C(=O)N1CCN(c2ncccn2)CC1. The average Bonchev–Trinajstić information content (AvgIpc) is 3.36. The summed E-state index contributed by atoms with van der Waals surface area (Å²) in [5.74, 6) is 1.89. The van der Waals surface area contributed by atoms with E-state index in [1.807, 2.05) is 11.8 Å². The van der Waals surface area contributed by atoms with Crippen LogP contribution < -0.4 is 10.2 Å². The zero-order valence-electron chi connectivity index (χ0n) is 16.6. The van der Waals surface area contributed by atoms with Crippen LogP contribution in [0.4, 0.5) is 11.8 Å². The van der Waals surface area contributed by atoms with E-state index < -0.39 is 0 Å². The molecule has 9 nitrogen and oxygen atoms in total. The molecule has 3 aromatic heterocycles. The molecule has 4 heterocycles. The Morgan fingerprint density at radius 2 is 1.83 bits per heavy atom. The number of rotatable bonds is 4. The molecule has 2 aliphatic rings. The van der Waals surface area contributed by atoms with Crippen molar-refractivity contribution in [2.45, 2.75) is 32.2 Å². The number of nitrogens with one attached hydrogen (secondary N) is 1. The summed E-state index contributed by atoms with van der Waals surface area (Å²) in [6, 6.07) is 1.80. The van der Waals surface area contributed by atoms with Crippen LogP contribution in [-0.4, -0.2) is 62.5 Å². The molecular weight excluding hydrogens is 370 g/mol. The van der Waals surface area contributed by atoms with Crippen LogP contribution in [0.5, 0.6) is 0 Å². The zero-order valence-corrected chi connectivity index (χ0v) is 16.6. The van der Waals surface area contributed by atoms with Crippen molar-refractivity contribution >= 4 is 28.8 Å². The number of amides is 1. The average molecular weight is 393 g/mol. The third kappa shape index (κ3) is 3.26. The van der Waals surface area contributed by atoms with E-state index in [4.69, 9.17) is 4.42 Å². The van der Waals surface area contributed by atoms with Crippen molar-refractivity contribution in [2.24, 2.45) is 0 Å². The number of piperazine rings is 1. The lowest BCUT2D eigenvalue weighted by atomic mass is 10.1. The molecule has 1 N–H and O–H groups in total. The zero-order chi connectivity index (χ0) is 20.0. The number of anilines is 2. The second kappa shape index (κ2) is 6.68. The molecule has 5 rings (SSSR count). The fourth-order valence-corrected chi connectivity index (χ4v) is 3.72. The monoisotopic (exact) mass is 393 g/mol. The van der Waals surface area contributed by atoms with Crippen molar-refractivity contribution in [1.82, 2.24) is 24.8 Å². The summed E-state index contributed by atoms with van der Waals surface area (Å²) >= 11 is 0. The maximum Gasteiger partial charge on any atom is 0.258 e. The van der Waals surface area contributed by atoms with Gasteiger partial charge in [-0.2, -0.15) is 0 Å². The van der Waals surface area contributed by atoms with E-state index in [2.05, 4.69) is 37.1 Å². The van der Waals surface area contributed by atoms with Gasteiger partial charge in [-0.3, -0.25) is 4.79 Å². The summed E-state index contributed by atoms with van der Waals surface area (Å²) in [4.78, 5) is 34.6. The number of nitrogens with zero attached hydrogens (tertiary/aromatic N) is 6. The minimum atomic E-state index is -0.0475. The van der Waals surface area contributed by atoms with Gasteiger partial charge in [-0.15, -0.1) is 0 Å². The highest BCUT2D eigenvalue weighted by Gasteiger charge is 2.39. The van der Waals surface area contributed by atoms with Crippen molar-refractivity contribution in [3.63, 3.8) is 0 Å². The lowest BCUT2D eigenvalue weighted by molar-refractivity contribution is 0.0746. The van der Waals surface area contributed by atoms with Crippen LogP contribution in [0.15, 0.2) is 29.2 Å². The molecule has 0 radical (unpaired) electrons. The summed E-state index contributed by atoms with van der Waals surface area (Å²) in [7, 11) is 0. The first kappa shape index (κ1) is 17.8. The second-order valence-electron chi connectivity index (χ2n) is 7.95. The minimum Gasteiger partial charge on any atom is -0.442 e. The van der Waals surface area contributed by atoms with Crippen molar-refractivity contribution in [3.05, 3.63) is 36.1 Å². The molecule has 0 aromatic carbocycles. The Morgan fingerprint density at radius 3 is 2.52 bits per heavy atom. The fourth-order valence-electron chi connectivity index (χ4n) is 3.72. The van der Waals surface area contributed by atoms with Gasteiger partial charge in [0.2, 0.25) is 11.7 Å². The predicted molar refractivity (Wildman–Crippen MR) is 108 cm³/mol. The van der Waals surface area contributed by atoms with Gasteiger partial charge in [0.25, 0.3) is 5.91 Å². The molecule has 1 amide bonds. The number of hydrogen-bond donors (Lipinski definition) is 1. The number of carbonyl (C=O) groups is 1. The molecule has 0 atom stereocenters. The van der Waals surface area contributed by atoms with Gasteiger partial charge >= 0.3 is 0 Å². The minimum absolute atomic E-state index is 0.0358. The van der Waals surface area contributed by atoms with Gasteiger partial charge in [0.15, 0.2) is 0 Å². The number of furan rings is 1. The normalized spacial score (nSPS) is 18.1. The van der Waals surface area contributed by atoms with Crippen LogP contribution in [0.25, 0.3) is 11.1 Å². The molecule has 150 valence electrons. The van der Waals surface area contributed by atoms with Gasteiger partial charge in [0, 0.05) is 44.1 Å². The van der Waals surface area contributed by atoms with E-state index in [0.29, 0.717) is 60.4 Å². The Hall–Kier alpha value is -3.23. The van der Waals surface area contributed by atoms with Gasteiger partial charge in [-0.1, -0.05) is 0 Å². The van der Waals surface area contributed by atoms with Gasteiger partial charge in [-0.05, 0) is 32.8 Å². The molecule has 1 saturated heterocycles. The van der Waals surface area contributed by atoms with Crippen LogP contribution in [0.2, 0.25) is 0 Å². The maximum atomic E-state index is 13.4. The van der Waals surface area contributed by atoms with Crippen molar-refractivity contribution in [2.75, 3.05) is 36.4 Å². The number of hydrogen-bond acceptors (Lipinski definition) is 8. The first-order valence-electron chi connectivity index (χ1n) is 9.88. The van der Waals surface area contributed by atoms with E-state index >= 15 is 0 Å². The Bertz CT molecular complexity index is 1050. The van der Waals surface area contributed by atoms with E-state index in [1.165, 1.54) is 6.33 Å². The standard InChI is InChI=1S/C20H23N7O2/c1-13-14(15-16(25-20(2)4-5-20)23-12-24-17(15)29-13)18(28)26-8-10-27(11-9-26)19-21-6-3-7-22-19/h3,6-7,12H,4-5,8-11H2,1-2H3,(H,23,24,25). The number of aryl methyl sites for hydroxylation is 1. The largest absolute Gasteiger partial charge is 0.442 e. The highest BCUT2D eigenvalue weighted by Crippen LogP contribution is 2.40. The van der Waals surface area contributed by atoms with E-state index in [-0.39, 0.29) is 11.4 Å². The molecule has 1 saturated carbocycles. The molecule has 29 heavy (non-hydrogen) atoms. The van der Waals surface area contributed by atoms with Gasteiger partial charge in [0.1, 0.15) is 17.9 Å². The Labute approximate surface area is 168 Å². The predicted octanol–water partition coefficient (Wildman–Crippen LogP) is 2.25. The summed E-state index contributed by atoms with van der Waals surface area (Å²) < 4.78 is 5.81. The number of carbonyl (C=O) groups excluding carboxylic acids is 1. The topological polar surface area (TPSA) is 100 Å². The number of fused-ring (bicyclic) bond motifs is 1. The van der Waals surface area contributed by atoms with Gasteiger partial charge < -0.3 is 19.5 Å². The Kier molecular flexibility index (Phi) is 4.11. The van der Waals surface area contributed by atoms with E-state index in [9.17, 15) is 4.79 Å². The van der Waals surface area contributed by atoms with Gasteiger partial charge in [-0.25, -0.2) is 19.9 Å². The first-order chi connectivity index (χ1) is 14.0. The summed E-state index contributed by atoms with van der Waals surface area (Å²) in [5, 5.41) is 4.15. The van der Waals surface area contributed by atoms with Crippen molar-refractivity contribution < 1.29 is 9.21 Å². The Balaban J connectivity index is 1.41. The molecule has 1 aliphatic heterocycles. The first-order valence-corrected chi connectivity index (χ1v) is 9.88. The molecule has 1 aliphatic carbocycles. The molecule has 2 fully saturated rings. The van der Waals surface area contributed by atoms with Crippen molar-refractivity contribution in [3.8, 4) is 0 Å². The highest BCUT2D eigenvalue weighted by atomic mass is 16.3. The maximum absolute atomic E-state index is 13.4. The van der Waals surface area contributed by atoms with Crippen LogP contribution in [0, 0.1) is 6.92 Å². The Morgan fingerprint density at radius 1 is 1.10 bits per heavy atom. The lowest BCUT2D eigenvalue weighted by Gasteiger charge is -2.34. The van der Waals surface area contributed by atoms with Crippen molar-refractivity contribution in [1.29, 1.82) is 0 Å².